The van der Waals surface area contributed by atoms with E-state index in [1.54, 1.807) is 36.4 Å². The van der Waals surface area contributed by atoms with Crippen molar-refractivity contribution in [2.24, 2.45) is 0 Å². The smallest absolute Gasteiger partial charge is 0.261 e. The lowest BCUT2D eigenvalue weighted by Crippen LogP contribution is -2.29. The van der Waals surface area contributed by atoms with E-state index in [9.17, 15) is 25.6 Å². The molecule has 6 nitrogen and oxygen atoms in total. The Labute approximate surface area is 237 Å². The fraction of sp³-hybridized carbons (Fsp3) is 0.400. The molecule has 2 aliphatic heterocycles. The van der Waals surface area contributed by atoms with Gasteiger partial charge < -0.3 is 5.32 Å². The molecule has 34 heavy (non-hydrogen) atoms. The fourth-order valence-electron chi connectivity index (χ4n) is 2.88. The van der Waals surface area contributed by atoms with Crippen LogP contribution in [0.25, 0.3) is 0 Å². The van der Waals surface area contributed by atoms with Crippen LogP contribution in [0.5, 0.6) is 0 Å². The summed E-state index contributed by atoms with van der Waals surface area (Å²) in [5, 5.41) is 2.90. The zero-order valence-electron chi connectivity index (χ0n) is 17.7. The first-order chi connectivity index (χ1) is 15.4. The number of hydrogen-bond donors (Lipinski definition) is 1. The Morgan fingerprint density at radius 1 is 0.853 bits per heavy atom. The highest BCUT2D eigenvalue weighted by atomic mass is 127. The largest absolute Gasteiger partial charge is 0.314 e. The number of nitrogens with one attached hydrogen (secondary N) is 1. The summed E-state index contributed by atoms with van der Waals surface area (Å²) in [7, 11) is -1.97. The average molecular weight is 783 g/mol. The fourth-order valence-corrected chi connectivity index (χ4v) is 5.85. The molecule has 0 amide bonds. The third-order valence-electron chi connectivity index (χ3n) is 4.64. The number of nitrogens with zero attached hydrogens (tertiary/aromatic N) is 1. The van der Waals surface area contributed by atoms with Crippen molar-refractivity contribution in [3.63, 3.8) is 0 Å². The molecule has 2 aliphatic rings. The molecule has 4 rings (SSSR count). The third-order valence-corrected chi connectivity index (χ3v) is 9.33. The maximum Gasteiger partial charge on any atom is 0.261 e. The molecule has 0 aromatic heterocycles. The molecule has 2 fully saturated rings. The van der Waals surface area contributed by atoms with E-state index in [0.717, 1.165) is 13.7 Å². The van der Waals surface area contributed by atoms with E-state index in [0.29, 0.717) is 19.4 Å². The van der Waals surface area contributed by atoms with Crippen molar-refractivity contribution < 1.29 is 25.6 Å². The van der Waals surface area contributed by atoms with Gasteiger partial charge in [-0.1, -0.05) is 0 Å². The standard InChI is InChI=1S/C10H11FINO2S.C6H4ClIO2S.C4H8FN.ClH/c11-8-5-6-13(7-8)16(14,15)10-3-1-9(12)2-4-10;7-11(9,10)6-3-1-5(8)2-4-6;5-4-1-2-6-3-4;/h1-4,8H,5-7H2;1-4H;4,6H,1-3H2;1H/t8-;;4-;/m0.0./s1. The highest BCUT2D eigenvalue weighted by Gasteiger charge is 2.32. The Morgan fingerprint density at radius 3 is 1.68 bits per heavy atom. The predicted octanol–water partition coefficient (Wildman–Crippen LogP) is 4.98. The number of rotatable bonds is 3. The summed E-state index contributed by atoms with van der Waals surface area (Å²) in [4.78, 5) is 0.376. The minimum atomic E-state index is -3.55. The predicted molar refractivity (Wildman–Crippen MR) is 149 cm³/mol. The second-order valence-electron chi connectivity index (χ2n) is 7.18. The topological polar surface area (TPSA) is 83.5 Å². The van der Waals surface area contributed by atoms with Gasteiger partial charge in [-0.25, -0.2) is 25.6 Å². The zero-order valence-corrected chi connectivity index (χ0v) is 25.2. The van der Waals surface area contributed by atoms with Crippen LogP contribution in [-0.2, 0) is 19.1 Å². The summed E-state index contributed by atoms with van der Waals surface area (Å²) in [6.07, 6.45) is -0.590. The second-order valence-corrected chi connectivity index (χ2v) is 14.2. The van der Waals surface area contributed by atoms with Gasteiger partial charge in [-0.05, 0) is 113 Å². The molecule has 0 bridgehead atoms. The van der Waals surface area contributed by atoms with Crippen molar-refractivity contribution in [3.05, 3.63) is 55.7 Å². The second kappa shape index (κ2) is 14.8. The van der Waals surface area contributed by atoms with Gasteiger partial charge >= 0.3 is 0 Å². The van der Waals surface area contributed by atoms with Gasteiger partial charge in [0.2, 0.25) is 10.0 Å². The van der Waals surface area contributed by atoms with Crippen molar-refractivity contribution in [1.82, 2.24) is 9.62 Å². The molecule has 2 atom stereocenters. The molecular formula is C20H24Cl2F2I2N2O4S2. The first-order valence-corrected chi connectivity index (χ1v) is 15.7. The summed E-state index contributed by atoms with van der Waals surface area (Å²) >= 11 is 4.19. The van der Waals surface area contributed by atoms with Crippen LogP contribution in [0.4, 0.5) is 8.78 Å². The molecular weight excluding hydrogens is 759 g/mol. The van der Waals surface area contributed by atoms with E-state index >= 15 is 0 Å². The van der Waals surface area contributed by atoms with Crippen LogP contribution in [0, 0.1) is 7.14 Å². The van der Waals surface area contributed by atoms with Crippen LogP contribution in [0.3, 0.4) is 0 Å². The van der Waals surface area contributed by atoms with E-state index < -0.39 is 31.4 Å². The van der Waals surface area contributed by atoms with E-state index in [1.807, 2.05) is 0 Å². The van der Waals surface area contributed by atoms with Crippen molar-refractivity contribution in [2.75, 3.05) is 26.2 Å². The molecule has 2 heterocycles. The molecule has 192 valence electrons. The quantitative estimate of drug-likeness (QED) is 0.351. The molecule has 2 aromatic carbocycles. The molecule has 14 heteroatoms. The molecule has 0 radical (unpaired) electrons. The van der Waals surface area contributed by atoms with Crippen LogP contribution in [0.1, 0.15) is 12.8 Å². The Bertz CT molecular complexity index is 1100. The van der Waals surface area contributed by atoms with Gasteiger partial charge in [0.05, 0.1) is 9.79 Å². The van der Waals surface area contributed by atoms with Crippen molar-refractivity contribution >= 4 is 87.3 Å². The van der Waals surface area contributed by atoms with E-state index in [2.05, 4.69) is 50.5 Å². The summed E-state index contributed by atoms with van der Waals surface area (Å²) in [5.74, 6) is 0. The number of sulfonamides is 1. The summed E-state index contributed by atoms with van der Waals surface area (Å²) in [5.41, 5.74) is 0. The van der Waals surface area contributed by atoms with Crippen LogP contribution in [0.15, 0.2) is 58.3 Å². The highest BCUT2D eigenvalue weighted by Crippen LogP contribution is 2.23. The van der Waals surface area contributed by atoms with Gasteiger partial charge in [0, 0.05) is 37.5 Å². The van der Waals surface area contributed by atoms with Gasteiger partial charge in [0.25, 0.3) is 9.05 Å². The highest BCUT2D eigenvalue weighted by molar-refractivity contribution is 14.1. The maximum absolute atomic E-state index is 13.0. The summed E-state index contributed by atoms with van der Waals surface area (Å²) in [6, 6.07) is 12.9. The lowest BCUT2D eigenvalue weighted by atomic mass is 10.4. The minimum absolute atomic E-state index is 0. The number of alkyl halides is 2. The average Bonchev–Trinajstić information content (AvgIpc) is 3.40. The number of benzene rings is 2. The normalized spacial score (nSPS) is 20.4. The molecule has 0 saturated carbocycles. The van der Waals surface area contributed by atoms with E-state index in [4.69, 9.17) is 10.7 Å². The van der Waals surface area contributed by atoms with Gasteiger partial charge in [0.15, 0.2) is 0 Å². The lowest BCUT2D eigenvalue weighted by molar-refractivity contribution is 0.343. The van der Waals surface area contributed by atoms with E-state index in [1.165, 1.54) is 16.4 Å². The van der Waals surface area contributed by atoms with Gasteiger partial charge in [0.1, 0.15) is 12.3 Å². The van der Waals surface area contributed by atoms with E-state index in [-0.39, 0.29) is 35.3 Å². The molecule has 0 unspecified atom stereocenters. The van der Waals surface area contributed by atoms with Crippen LogP contribution in [0.2, 0.25) is 0 Å². The first-order valence-electron chi connectivity index (χ1n) is 9.84. The Kier molecular flexibility index (Phi) is 14.0. The molecule has 2 aromatic rings. The van der Waals surface area contributed by atoms with Crippen LogP contribution < -0.4 is 5.32 Å². The SMILES string of the molecule is Cl.F[C@H]1CCNC1.O=S(=O)(Cl)c1ccc(I)cc1.O=S(=O)(c1ccc(I)cc1)N1CC[C@H](F)C1. The van der Waals surface area contributed by atoms with Crippen molar-refractivity contribution in [2.45, 2.75) is 35.0 Å². The van der Waals surface area contributed by atoms with Gasteiger partial charge in [-0.15, -0.1) is 12.4 Å². The Hall–Kier alpha value is 0.160. The van der Waals surface area contributed by atoms with Crippen molar-refractivity contribution in [3.8, 4) is 0 Å². The lowest BCUT2D eigenvalue weighted by Gasteiger charge is -2.15. The monoisotopic (exact) mass is 782 g/mol. The summed E-state index contributed by atoms with van der Waals surface area (Å²) in [6.45, 7) is 1.69. The van der Waals surface area contributed by atoms with Crippen LogP contribution >= 0.6 is 68.3 Å². The van der Waals surface area contributed by atoms with Gasteiger partial charge in [-0.3, -0.25) is 0 Å². The molecule has 2 saturated heterocycles. The third kappa shape index (κ3) is 10.6. The number of halogens is 6. The van der Waals surface area contributed by atoms with Crippen LogP contribution in [-0.4, -0.2) is 59.7 Å². The first kappa shape index (κ1) is 32.2. The molecule has 1 N–H and O–H groups in total. The number of hydrogen-bond acceptors (Lipinski definition) is 5. The zero-order chi connectivity index (χ0) is 24.6. The Balaban J connectivity index is 0.000000278. The summed E-state index contributed by atoms with van der Waals surface area (Å²) < 4.78 is 73.5. The van der Waals surface area contributed by atoms with Gasteiger partial charge in [-0.2, -0.15) is 4.31 Å². The Morgan fingerprint density at radius 2 is 1.35 bits per heavy atom. The molecule has 0 aliphatic carbocycles. The maximum atomic E-state index is 13.0. The minimum Gasteiger partial charge on any atom is -0.314 e. The van der Waals surface area contributed by atoms with Crippen molar-refractivity contribution in [1.29, 1.82) is 0 Å². The molecule has 0 spiro atoms.